The van der Waals surface area contributed by atoms with Gasteiger partial charge in [0.05, 0.1) is 37.3 Å². The van der Waals surface area contributed by atoms with Gasteiger partial charge in [0.25, 0.3) is 0 Å². The number of carbonyl (C=O) groups excluding carboxylic acids is 3. The molecule has 4 N–H and O–H groups in total. The fourth-order valence-electron chi connectivity index (χ4n) is 10.5. The van der Waals surface area contributed by atoms with Gasteiger partial charge in [0, 0.05) is 87.1 Å². The second kappa shape index (κ2) is 36.8. The molecule has 0 aromatic carbocycles. The first kappa shape index (κ1) is 72.3. The highest BCUT2D eigenvalue weighted by Crippen LogP contribution is 2.60. The molecule has 2 aromatic heterocycles. The number of rotatable bonds is 31. The number of ether oxygens (including phenoxy) is 2. The molecule has 2 aliphatic heterocycles. The maximum absolute atomic E-state index is 13.5. The number of unbranched alkanes of at least 4 members (excludes halogenated alkanes) is 4. The summed E-state index contributed by atoms with van der Waals surface area (Å²) in [6, 6.07) is 1.99. The number of aliphatic carboxylic acids is 1. The molecule has 2 aromatic rings. The van der Waals surface area contributed by atoms with Gasteiger partial charge in [-0.2, -0.15) is 0 Å². The van der Waals surface area contributed by atoms with Crippen molar-refractivity contribution in [3.05, 3.63) is 40.2 Å². The van der Waals surface area contributed by atoms with Crippen molar-refractivity contribution in [1.82, 2.24) is 34.2 Å². The highest BCUT2D eigenvalue weighted by Gasteiger charge is 2.59. The van der Waals surface area contributed by atoms with Gasteiger partial charge in [-0.1, -0.05) is 93.2 Å². The molecular formula is C57H105B4Br2N8O7Si2+. The molecule has 6 rings (SSSR count). The second-order valence-corrected chi connectivity index (χ2v) is 37.9. The quantitative estimate of drug-likeness (QED) is 0.0369. The summed E-state index contributed by atoms with van der Waals surface area (Å²) in [4.78, 5) is 61.2. The summed E-state index contributed by atoms with van der Waals surface area (Å²) in [5.41, 5.74) is 6.73. The number of piperidine rings is 2. The zero-order valence-corrected chi connectivity index (χ0v) is 55.3. The fourth-order valence-corrected chi connectivity index (χ4v) is 12.7. The zero-order chi connectivity index (χ0) is 61.0. The van der Waals surface area contributed by atoms with Crippen molar-refractivity contribution in [2.24, 2.45) is 28.4 Å². The van der Waals surface area contributed by atoms with E-state index in [4.69, 9.17) is 28.3 Å². The van der Waals surface area contributed by atoms with Crippen LogP contribution in [0, 0.1) is 29.6 Å². The number of likely N-dealkylation sites (tertiary alicyclic amines) is 2. The lowest BCUT2D eigenvalue weighted by atomic mass is 9.08. The van der Waals surface area contributed by atoms with E-state index in [0.717, 1.165) is 175 Å². The average molecular weight is 1280 g/mol. The SMILES string of the molecule is C.CCC(=O)CCCCC[C@H](NC(=O)[C@H]1CC12CCN(CC)CC2)c1ncc(Br)n1COCC[Si](C)(C)C.CCN1CCC2(CC1)C[C@@H]2C(=O)O.[2H][2H].[B]B([B])[B].[CH2+]CC(=O)CCCCC[C@H](N)c1ncc(Br)n1COCC[Si](C)(C)C. The Morgan fingerprint density at radius 3 is 1.61 bits per heavy atom. The van der Waals surface area contributed by atoms with Crippen molar-refractivity contribution in [3.8, 4) is 0 Å². The van der Waals surface area contributed by atoms with Crippen LogP contribution in [0.1, 0.15) is 170 Å². The molecule has 2 spiro atoms. The first-order valence-corrected chi connectivity index (χ1v) is 38.6. The lowest BCUT2D eigenvalue weighted by Crippen LogP contribution is -2.38. The molecule has 448 valence electrons. The van der Waals surface area contributed by atoms with E-state index < -0.39 is 28.5 Å². The van der Waals surface area contributed by atoms with Gasteiger partial charge in [-0.05, 0) is 158 Å². The van der Waals surface area contributed by atoms with Crippen LogP contribution >= 0.6 is 31.9 Å². The standard InChI is InChI=1S/C28H49BrN4O3Si.C18H33BrN3O2Si.C10H17NO2.CH4.B4.H2/c1-6-22(34)11-9-8-10-12-24(26-30-20-25(29)33(26)21-36-17-18-37(3,4)5)31-27(35)23-19-28(23)13-15-32(7-2)16-14-28;1-5-15(23)9-7-6-8-10-16(20)18-21-13-17(19)22(18)14-24-11-12-25(2,3)4;1-2-11-5-3-10(4-6-11)7-8(10)9(12)13;;1-4(2)3;/h20,23-24H,6-19,21H2,1-5H3,(H,31,35);13,16H,1,5-12,14,20H2,2-4H3;8H,2-7H2,1H3,(H,12,13);1H4;;1H/q;+1;;;;/t23-,24+;16-;8-;;;/m101.../s1/i;;;;;1+1D. The number of nitrogens with zero attached hydrogens (tertiary/aromatic N) is 6. The molecule has 1 amide bonds. The Hall–Kier alpha value is -1.98. The molecule has 6 radical (unpaired) electrons. The number of aromatic nitrogens is 4. The topological polar surface area (TPSA) is 187 Å². The normalized spacial score (nSPS) is 19.1. The number of carboxylic acids is 1. The van der Waals surface area contributed by atoms with Crippen molar-refractivity contribution in [1.29, 1.82) is 0 Å². The molecule has 2 saturated heterocycles. The van der Waals surface area contributed by atoms with Crippen molar-refractivity contribution in [2.75, 3.05) is 52.5 Å². The molecule has 23 heteroatoms. The number of Topliss-reactive ketones (excluding diaryl/α,β-unsaturated/α-hetero) is 2. The lowest BCUT2D eigenvalue weighted by molar-refractivity contribution is -0.139. The molecule has 4 aliphatic rings. The zero-order valence-electron chi connectivity index (χ0n) is 52.1. The average Bonchev–Trinajstić information content (AvgIpc) is 4.31. The molecule has 4 fully saturated rings. The summed E-state index contributed by atoms with van der Waals surface area (Å²) in [7, 11) is 11.8. The fraction of sp³-hybridized carbons (Fsp3) is 0.807. The molecular weight excluding hydrogens is 1170 g/mol. The molecule has 80 heavy (non-hydrogen) atoms. The van der Waals surface area contributed by atoms with Crippen LogP contribution in [-0.2, 0) is 42.1 Å². The van der Waals surface area contributed by atoms with Crippen LogP contribution in [0.25, 0.3) is 0 Å². The number of carboxylic acid groups (broad SMARTS) is 1. The molecule has 15 nitrogen and oxygen atoms in total. The van der Waals surface area contributed by atoms with Gasteiger partial charge in [0.2, 0.25) is 5.91 Å². The maximum atomic E-state index is 13.5. The number of imidazole rings is 2. The number of hydrogen-bond donors (Lipinski definition) is 3. The van der Waals surface area contributed by atoms with Gasteiger partial charge in [-0.15, -0.1) is 0 Å². The first-order chi connectivity index (χ1) is 38.2. The number of ketones is 2. The Morgan fingerprint density at radius 2 is 1.19 bits per heavy atom. The minimum Gasteiger partial charge on any atom is -0.481 e. The van der Waals surface area contributed by atoms with Crippen LogP contribution in [0.4, 0.5) is 0 Å². The lowest BCUT2D eigenvalue weighted by Gasteiger charge is -2.32. The van der Waals surface area contributed by atoms with Crippen molar-refractivity contribution >= 4 is 101 Å². The van der Waals surface area contributed by atoms with Gasteiger partial charge in [0.1, 0.15) is 46.5 Å². The summed E-state index contributed by atoms with van der Waals surface area (Å²) in [5.74, 6) is 1.98. The van der Waals surface area contributed by atoms with Crippen LogP contribution in [0.15, 0.2) is 21.6 Å². The Labute approximate surface area is 510 Å². The Morgan fingerprint density at radius 1 is 0.762 bits per heavy atom. The third-order valence-corrected chi connectivity index (χ3v) is 20.9. The molecule has 4 atom stereocenters. The Balaban J connectivity index is 0.000000639. The summed E-state index contributed by atoms with van der Waals surface area (Å²) in [5, 5.41) is 12.3. The molecule has 0 bridgehead atoms. The summed E-state index contributed by atoms with van der Waals surface area (Å²) >= 11 is 7.17. The maximum Gasteiger partial charge on any atom is 0.307 e. The number of carbonyl (C=O) groups is 4. The molecule has 2 saturated carbocycles. The number of halogens is 2. The van der Waals surface area contributed by atoms with Crippen LogP contribution in [0.2, 0.25) is 51.4 Å². The third-order valence-electron chi connectivity index (χ3n) is 16.3. The smallest absolute Gasteiger partial charge is 0.307 e. The Bertz CT molecular complexity index is 2140. The monoisotopic (exact) mass is 1270 g/mol. The van der Waals surface area contributed by atoms with Gasteiger partial charge in [0.15, 0.2) is 5.78 Å². The highest BCUT2D eigenvalue weighted by atomic mass is 79.9. The van der Waals surface area contributed by atoms with Crippen LogP contribution in [-0.4, -0.2) is 156 Å². The van der Waals surface area contributed by atoms with E-state index in [0.29, 0.717) is 44.9 Å². The van der Waals surface area contributed by atoms with Gasteiger partial charge >= 0.3 is 5.97 Å². The van der Waals surface area contributed by atoms with E-state index in [1.165, 1.54) is 0 Å². The van der Waals surface area contributed by atoms with Crippen molar-refractivity contribution in [2.45, 2.75) is 221 Å². The largest absolute Gasteiger partial charge is 0.481 e. The van der Waals surface area contributed by atoms with Gasteiger partial charge < -0.3 is 35.4 Å². The van der Waals surface area contributed by atoms with Crippen molar-refractivity contribution < 1.29 is 36.7 Å². The van der Waals surface area contributed by atoms with Crippen LogP contribution < -0.4 is 11.1 Å². The molecule has 2 aliphatic carbocycles. The van der Waals surface area contributed by atoms with Crippen molar-refractivity contribution in [3.63, 3.8) is 0 Å². The number of nitrogens with two attached hydrogens (primary N) is 1. The van der Waals surface area contributed by atoms with Gasteiger partial charge in [-0.3, -0.25) is 28.3 Å². The van der Waals surface area contributed by atoms with Gasteiger partial charge in [-0.25, -0.2) is 9.97 Å². The van der Waals surface area contributed by atoms with Crippen LogP contribution in [0.5, 0.6) is 0 Å². The predicted molar refractivity (Wildman–Crippen MR) is 346 cm³/mol. The van der Waals surface area contributed by atoms with E-state index in [-0.39, 0.29) is 53.9 Å². The van der Waals surface area contributed by atoms with E-state index in [2.05, 4.69) is 140 Å². The number of hydrogen-bond acceptors (Lipinski definition) is 11. The summed E-state index contributed by atoms with van der Waals surface area (Å²) < 4.78 is 27.7. The molecule has 4 heterocycles. The molecule has 0 unspecified atom stereocenters. The summed E-state index contributed by atoms with van der Waals surface area (Å²) in [6.07, 6.45) is 19.0. The predicted octanol–water partition coefficient (Wildman–Crippen LogP) is 11.4. The van der Waals surface area contributed by atoms with E-state index in [9.17, 15) is 19.2 Å². The minimum absolute atomic E-state index is 0. The highest BCUT2D eigenvalue weighted by molar-refractivity contribution is 9.10. The number of amides is 1. The second-order valence-electron chi connectivity index (χ2n) is 25.0. The van der Waals surface area contributed by atoms with E-state index in [1.54, 1.807) is 6.20 Å². The van der Waals surface area contributed by atoms with Crippen LogP contribution in [0.3, 0.4) is 0 Å². The Kier molecular flexibility index (Phi) is 33.2. The minimum atomic E-state index is -1.16. The summed E-state index contributed by atoms with van der Waals surface area (Å²) in [6.45, 7) is 33.0. The first-order valence-electron chi connectivity index (χ1n) is 30.6. The third kappa shape index (κ3) is 26.9. The van der Waals surface area contributed by atoms with E-state index in [1.807, 2.05) is 17.7 Å². The number of nitrogens with one attached hydrogen (secondary N) is 1. The van der Waals surface area contributed by atoms with E-state index >= 15 is 0 Å².